The van der Waals surface area contributed by atoms with Crippen LogP contribution in [0, 0.1) is 5.92 Å². The lowest BCUT2D eigenvalue weighted by atomic mass is 9.92. The summed E-state index contributed by atoms with van der Waals surface area (Å²) in [5.74, 6) is -0.599. The van der Waals surface area contributed by atoms with Crippen molar-refractivity contribution in [2.24, 2.45) is 5.92 Å². The van der Waals surface area contributed by atoms with Crippen molar-refractivity contribution in [3.8, 4) is 0 Å². The van der Waals surface area contributed by atoms with Crippen molar-refractivity contribution in [1.82, 2.24) is 24.9 Å². The molecule has 1 fully saturated rings. The molecule has 2 aromatic rings. The summed E-state index contributed by atoms with van der Waals surface area (Å²) in [5, 5.41) is 5.90. The second-order valence-corrected chi connectivity index (χ2v) is 6.50. The standard InChI is InChI=1S/C18H19N5O3/c24-15(16-19-6-7-20-16)12-4-3-8-22(11-12)17(25)13-10-21-14-5-1-2-9-23(14)18(13)26/h1-2,5-7,9-10,12,16,19-20H,3-4,8,11H2. The Labute approximate surface area is 149 Å². The SMILES string of the molecule is O=C(C1CCCN(C(=O)c2cnc3ccccn3c2=O)C1)C1NC=CN1. The van der Waals surface area contributed by atoms with E-state index in [0.29, 0.717) is 18.7 Å². The van der Waals surface area contributed by atoms with E-state index in [1.54, 1.807) is 41.7 Å². The van der Waals surface area contributed by atoms with E-state index in [2.05, 4.69) is 15.6 Å². The summed E-state index contributed by atoms with van der Waals surface area (Å²) < 4.78 is 1.36. The van der Waals surface area contributed by atoms with Crippen LogP contribution in [-0.4, -0.2) is 45.2 Å². The van der Waals surface area contributed by atoms with Gasteiger partial charge in [0.2, 0.25) is 0 Å². The van der Waals surface area contributed by atoms with E-state index in [-0.39, 0.29) is 23.2 Å². The lowest BCUT2D eigenvalue weighted by Crippen LogP contribution is -2.50. The third-order valence-corrected chi connectivity index (χ3v) is 4.85. The Morgan fingerprint density at radius 2 is 2.00 bits per heavy atom. The summed E-state index contributed by atoms with van der Waals surface area (Å²) in [6.45, 7) is 0.845. The van der Waals surface area contributed by atoms with Gasteiger partial charge in [-0.2, -0.15) is 0 Å². The highest BCUT2D eigenvalue weighted by atomic mass is 16.2. The molecule has 2 N–H and O–H groups in total. The fraction of sp³-hybridized carbons (Fsp3) is 0.333. The maximum Gasteiger partial charge on any atom is 0.270 e. The van der Waals surface area contributed by atoms with Crippen LogP contribution in [0.2, 0.25) is 0 Å². The molecular weight excluding hydrogens is 334 g/mol. The number of pyridine rings is 1. The molecule has 1 atom stereocenters. The molecule has 8 heteroatoms. The molecule has 0 aromatic carbocycles. The van der Waals surface area contributed by atoms with Gasteiger partial charge < -0.3 is 15.5 Å². The number of carbonyl (C=O) groups excluding carboxylic acids is 2. The van der Waals surface area contributed by atoms with E-state index < -0.39 is 11.7 Å². The van der Waals surface area contributed by atoms with E-state index in [1.165, 1.54) is 10.6 Å². The van der Waals surface area contributed by atoms with Crippen molar-refractivity contribution >= 4 is 17.3 Å². The van der Waals surface area contributed by atoms with Gasteiger partial charge in [-0.25, -0.2) is 4.98 Å². The third kappa shape index (κ3) is 2.83. The number of carbonyl (C=O) groups is 2. The molecule has 1 saturated heterocycles. The first-order valence-corrected chi connectivity index (χ1v) is 8.61. The molecule has 0 bridgehead atoms. The highest BCUT2D eigenvalue weighted by Gasteiger charge is 2.33. The van der Waals surface area contributed by atoms with E-state index in [1.807, 2.05) is 0 Å². The number of piperidine rings is 1. The summed E-state index contributed by atoms with van der Waals surface area (Å²) >= 11 is 0. The van der Waals surface area contributed by atoms with Crippen molar-refractivity contribution in [3.63, 3.8) is 0 Å². The minimum atomic E-state index is -0.442. The topological polar surface area (TPSA) is 95.8 Å². The maximum absolute atomic E-state index is 12.9. The van der Waals surface area contributed by atoms with E-state index in [9.17, 15) is 14.4 Å². The molecule has 134 valence electrons. The smallest absolute Gasteiger partial charge is 0.270 e. The number of amides is 1. The number of hydrogen-bond acceptors (Lipinski definition) is 6. The first-order valence-electron chi connectivity index (χ1n) is 8.61. The Balaban J connectivity index is 1.55. The van der Waals surface area contributed by atoms with E-state index in [4.69, 9.17) is 0 Å². The third-order valence-electron chi connectivity index (χ3n) is 4.85. The number of likely N-dealkylation sites (tertiary alicyclic amines) is 1. The minimum Gasteiger partial charge on any atom is -0.364 e. The second kappa shape index (κ2) is 6.62. The molecule has 4 rings (SSSR count). The normalized spacial score (nSPS) is 20.0. The summed E-state index contributed by atoms with van der Waals surface area (Å²) in [4.78, 5) is 43.8. The summed E-state index contributed by atoms with van der Waals surface area (Å²) in [6, 6.07) is 5.21. The number of fused-ring (bicyclic) bond motifs is 1. The van der Waals surface area contributed by atoms with Crippen LogP contribution in [0.1, 0.15) is 23.2 Å². The van der Waals surface area contributed by atoms with Crippen LogP contribution in [0.25, 0.3) is 5.65 Å². The Morgan fingerprint density at radius 3 is 2.81 bits per heavy atom. The number of aromatic nitrogens is 2. The quantitative estimate of drug-likeness (QED) is 0.813. The zero-order valence-electron chi connectivity index (χ0n) is 14.1. The van der Waals surface area contributed by atoms with Crippen molar-refractivity contribution in [1.29, 1.82) is 0 Å². The van der Waals surface area contributed by atoms with Crippen LogP contribution >= 0.6 is 0 Å². The van der Waals surface area contributed by atoms with Gasteiger partial charge in [0.1, 0.15) is 11.2 Å². The molecule has 2 aromatic heterocycles. The van der Waals surface area contributed by atoms with Crippen molar-refractivity contribution in [2.75, 3.05) is 13.1 Å². The van der Waals surface area contributed by atoms with E-state index >= 15 is 0 Å². The largest absolute Gasteiger partial charge is 0.364 e. The van der Waals surface area contributed by atoms with Gasteiger partial charge in [-0.15, -0.1) is 0 Å². The fourth-order valence-corrected chi connectivity index (χ4v) is 3.47. The second-order valence-electron chi connectivity index (χ2n) is 6.50. The zero-order chi connectivity index (χ0) is 18.1. The predicted molar refractivity (Wildman–Crippen MR) is 94.3 cm³/mol. The average molecular weight is 353 g/mol. The number of nitrogens with one attached hydrogen (secondary N) is 2. The Kier molecular flexibility index (Phi) is 4.16. The zero-order valence-corrected chi connectivity index (χ0v) is 14.1. The average Bonchev–Trinajstić information content (AvgIpc) is 3.22. The molecular formula is C18H19N5O3. The van der Waals surface area contributed by atoms with Gasteiger partial charge in [0, 0.05) is 43.8 Å². The number of nitrogens with zero attached hydrogens (tertiary/aromatic N) is 3. The molecule has 1 amide bonds. The van der Waals surface area contributed by atoms with Crippen LogP contribution < -0.4 is 16.2 Å². The monoisotopic (exact) mass is 353 g/mol. The number of ketones is 1. The lowest BCUT2D eigenvalue weighted by Gasteiger charge is -2.33. The molecule has 8 nitrogen and oxygen atoms in total. The first kappa shape index (κ1) is 16.3. The van der Waals surface area contributed by atoms with Gasteiger partial charge in [0.25, 0.3) is 11.5 Å². The van der Waals surface area contributed by atoms with Crippen LogP contribution in [0.4, 0.5) is 0 Å². The van der Waals surface area contributed by atoms with Gasteiger partial charge >= 0.3 is 0 Å². The maximum atomic E-state index is 12.9. The highest BCUT2D eigenvalue weighted by Crippen LogP contribution is 2.20. The van der Waals surface area contributed by atoms with Crippen molar-refractivity contribution in [2.45, 2.75) is 19.0 Å². The summed E-state index contributed by atoms with van der Waals surface area (Å²) in [7, 11) is 0. The van der Waals surface area contributed by atoms with Gasteiger partial charge in [0.05, 0.1) is 0 Å². The predicted octanol–water partition coefficient (Wildman–Crippen LogP) is 0.106. The molecule has 4 heterocycles. The molecule has 0 spiro atoms. The lowest BCUT2D eigenvalue weighted by molar-refractivity contribution is -0.126. The summed E-state index contributed by atoms with van der Waals surface area (Å²) in [5.41, 5.74) is 0.129. The van der Waals surface area contributed by atoms with Crippen LogP contribution in [-0.2, 0) is 4.79 Å². The molecule has 26 heavy (non-hydrogen) atoms. The van der Waals surface area contributed by atoms with Crippen LogP contribution in [0.5, 0.6) is 0 Å². The highest BCUT2D eigenvalue weighted by molar-refractivity contribution is 5.94. The Hall–Kier alpha value is -3.16. The van der Waals surface area contributed by atoms with Gasteiger partial charge in [-0.05, 0) is 25.0 Å². The van der Waals surface area contributed by atoms with Crippen LogP contribution in [0.3, 0.4) is 0 Å². The molecule has 1 unspecified atom stereocenters. The van der Waals surface area contributed by atoms with Crippen LogP contribution in [0.15, 0.2) is 47.8 Å². The molecule has 2 aliphatic heterocycles. The minimum absolute atomic E-state index is 0.0283. The number of Topliss-reactive ketones (excluding diaryl/α,β-unsaturated/α-hetero) is 1. The molecule has 0 saturated carbocycles. The van der Waals surface area contributed by atoms with Gasteiger partial charge in [-0.1, -0.05) is 6.07 Å². The summed E-state index contributed by atoms with van der Waals surface area (Å²) in [6.07, 6.45) is 7.32. The van der Waals surface area contributed by atoms with Crippen molar-refractivity contribution in [3.05, 3.63) is 58.9 Å². The molecule has 0 radical (unpaired) electrons. The van der Waals surface area contributed by atoms with E-state index in [0.717, 1.165) is 12.8 Å². The van der Waals surface area contributed by atoms with Crippen molar-refractivity contribution < 1.29 is 9.59 Å². The number of hydrogen-bond donors (Lipinski definition) is 2. The molecule has 2 aliphatic rings. The number of rotatable bonds is 3. The van der Waals surface area contributed by atoms with Gasteiger partial charge in [-0.3, -0.25) is 18.8 Å². The van der Waals surface area contributed by atoms with Gasteiger partial charge in [0.15, 0.2) is 11.9 Å². The Morgan fingerprint density at radius 1 is 1.19 bits per heavy atom. The Bertz CT molecular complexity index is 943. The fourth-order valence-electron chi connectivity index (χ4n) is 3.47. The first-order chi connectivity index (χ1) is 12.6. The molecule has 0 aliphatic carbocycles.